The van der Waals surface area contributed by atoms with Crippen molar-refractivity contribution in [2.45, 2.75) is 20.4 Å². The first kappa shape index (κ1) is 13.5. The summed E-state index contributed by atoms with van der Waals surface area (Å²) in [6, 6.07) is 7.26. The van der Waals surface area contributed by atoms with Crippen LogP contribution < -0.4 is 0 Å². The lowest BCUT2D eigenvalue weighted by atomic mass is 10.2. The molecule has 1 aromatic rings. The molecule has 1 rings (SSSR count). The van der Waals surface area contributed by atoms with Gasteiger partial charge in [0.05, 0.1) is 5.75 Å². The molecule has 0 bridgehead atoms. The van der Waals surface area contributed by atoms with E-state index >= 15 is 0 Å². The first-order chi connectivity index (χ1) is 7.49. The minimum Gasteiger partial charge on any atom is -0.212 e. The van der Waals surface area contributed by atoms with Crippen molar-refractivity contribution < 1.29 is 8.42 Å². The summed E-state index contributed by atoms with van der Waals surface area (Å²) >= 11 is 5.85. The molecule has 0 unspecified atom stereocenters. The minimum absolute atomic E-state index is 0.126. The van der Waals surface area contributed by atoms with Crippen molar-refractivity contribution in [1.82, 2.24) is 4.31 Å². The first-order valence-electron chi connectivity index (χ1n) is 5.22. The Morgan fingerprint density at radius 3 is 2.50 bits per heavy atom. The second-order valence-electron chi connectivity index (χ2n) is 3.46. The topological polar surface area (TPSA) is 37.4 Å². The molecule has 0 saturated carbocycles. The molecule has 0 fully saturated rings. The molecule has 90 valence electrons. The number of sulfonamides is 1. The zero-order valence-corrected chi connectivity index (χ0v) is 11.1. The maximum atomic E-state index is 11.7. The van der Waals surface area contributed by atoms with Crippen LogP contribution in [-0.2, 0) is 16.6 Å². The summed E-state index contributed by atoms with van der Waals surface area (Å²) in [5, 5.41) is 0.627. The van der Waals surface area contributed by atoms with E-state index in [0.29, 0.717) is 18.1 Å². The Labute approximate surface area is 102 Å². The van der Waals surface area contributed by atoms with Crippen LogP contribution in [0.3, 0.4) is 0 Å². The van der Waals surface area contributed by atoms with Crippen molar-refractivity contribution in [3.63, 3.8) is 0 Å². The van der Waals surface area contributed by atoms with Crippen LogP contribution in [0.1, 0.15) is 19.4 Å². The molecule has 5 heteroatoms. The van der Waals surface area contributed by atoms with Gasteiger partial charge in [-0.25, -0.2) is 8.42 Å². The fourth-order valence-corrected chi connectivity index (χ4v) is 2.75. The van der Waals surface area contributed by atoms with Gasteiger partial charge in [-0.05, 0) is 24.6 Å². The Kier molecular flexibility index (Phi) is 4.77. The molecule has 0 aliphatic rings. The van der Waals surface area contributed by atoms with Crippen LogP contribution in [0, 0.1) is 0 Å². The minimum atomic E-state index is -3.13. The molecule has 1 aromatic carbocycles. The summed E-state index contributed by atoms with van der Waals surface area (Å²) < 4.78 is 24.9. The maximum absolute atomic E-state index is 11.7. The molecule has 0 radical (unpaired) electrons. The molecule has 0 aliphatic carbocycles. The fourth-order valence-electron chi connectivity index (χ4n) is 1.43. The average Bonchev–Trinajstić information content (AvgIpc) is 2.25. The van der Waals surface area contributed by atoms with Gasteiger partial charge in [0, 0.05) is 18.1 Å². The summed E-state index contributed by atoms with van der Waals surface area (Å²) in [6.07, 6.45) is 0. The van der Waals surface area contributed by atoms with Gasteiger partial charge in [-0.2, -0.15) is 4.31 Å². The van der Waals surface area contributed by atoms with Crippen LogP contribution >= 0.6 is 11.6 Å². The quantitative estimate of drug-likeness (QED) is 0.817. The first-order valence-corrected chi connectivity index (χ1v) is 7.20. The summed E-state index contributed by atoms with van der Waals surface area (Å²) in [6.45, 7) is 4.34. The molecular weight excluding hydrogens is 246 g/mol. The Bertz CT molecular complexity index is 445. The fraction of sp³-hybridized carbons (Fsp3) is 0.455. The molecule has 0 amide bonds. The molecule has 0 atom stereocenters. The van der Waals surface area contributed by atoms with E-state index in [4.69, 9.17) is 11.6 Å². The van der Waals surface area contributed by atoms with E-state index in [1.165, 1.54) is 4.31 Å². The van der Waals surface area contributed by atoms with Gasteiger partial charge in [-0.15, -0.1) is 0 Å². The lowest BCUT2D eigenvalue weighted by molar-refractivity contribution is 0.424. The molecule has 0 aromatic heterocycles. The van der Waals surface area contributed by atoms with Gasteiger partial charge >= 0.3 is 0 Å². The largest absolute Gasteiger partial charge is 0.214 e. The predicted molar refractivity (Wildman–Crippen MR) is 67.0 cm³/mol. The van der Waals surface area contributed by atoms with Crippen molar-refractivity contribution in [1.29, 1.82) is 0 Å². The molecule has 16 heavy (non-hydrogen) atoms. The van der Waals surface area contributed by atoms with Crippen LogP contribution in [-0.4, -0.2) is 25.0 Å². The Hall–Kier alpha value is -0.580. The summed E-state index contributed by atoms with van der Waals surface area (Å²) in [4.78, 5) is 0. The Balaban J connectivity index is 2.87. The third-order valence-corrected chi connectivity index (χ3v) is 4.50. The van der Waals surface area contributed by atoms with Gasteiger partial charge in [0.15, 0.2) is 0 Å². The molecule has 0 heterocycles. The van der Waals surface area contributed by atoms with Gasteiger partial charge < -0.3 is 0 Å². The van der Waals surface area contributed by atoms with Gasteiger partial charge in [0.2, 0.25) is 10.0 Å². The summed E-state index contributed by atoms with van der Waals surface area (Å²) in [5.41, 5.74) is 0.909. The van der Waals surface area contributed by atoms with Crippen LogP contribution in [0.15, 0.2) is 24.3 Å². The highest BCUT2D eigenvalue weighted by Gasteiger charge is 2.17. The number of benzene rings is 1. The van der Waals surface area contributed by atoms with Gasteiger partial charge in [-0.3, -0.25) is 0 Å². The molecule has 0 N–H and O–H groups in total. The van der Waals surface area contributed by atoms with E-state index in [1.54, 1.807) is 19.1 Å². The zero-order valence-electron chi connectivity index (χ0n) is 9.48. The van der Waals surface area contributed by atoms with Crippen molar-refractivity contribution in [2.75, 3.05) is 12.3 Å². The number of nitrogens with zero attached hydrogens (tertiary/aromatic N) is 1. The normalized spacial score (nSPS) is 12.0. The lowest BCUT2D eigenvalue weighted by Gasteiger charge is -2.19. The van der Waals surface area contributed by atoms with Crippen molar-refractivity contribution in [2.24, 2.45) is 0 Å². The molecule has 0 saturated heterocycles. The van der Waals surface area contributed by atoms with E-state index in [9.17, 15) is 8.42 Å². The average molecular weight is 262 g/mol. The van der Waals surface area contributed by atoms with E-state index in [0.717, 1.165) is 5.56 Å². The second-order valence-corrected chi connectivity index (χ2v) is 6.15. The van der Waals surface area contributed by atoms with E-state index < -0.39 is 10.0 Å². The smallest absolute Gasteiger partial charge is 0.212 e. The van der Waals surface area contributed by atoms with E-state index in [1.807, 2.05) is 19.1 Å². The highest BCUT2D eigenvalue weighted by molar-refractivity contribution is 7.89. The molecule has 0 spiro atoms. The maximum Gasteiger partial charge on any atom is 0.214 e. The second kappa shape index (κ2) is 5.66. The van der Waals surface area contributed by atoms with Crippen molar-refractivity contribution in [3.8, 4) is 0 Å². The predicted octanol–water partition coefficient (Wildman–Crippen LogP) is 2.51. The summed E-state index contributed by atoms with van der Waals surface area (Å²) in [7, 11) is -3.13. The SMILES string of the molecule is CCN(Cc1cccc(Cl)c1)S(=O)(=O)CC. The molecule has 3 nitrogen and oxygen atoms in total. The highest BCUT2D eigenvalue weighted by atomic mass is 35.5. The van der Waals surface area contributed by atoms with Crippen molar-refractivity contribution in [3.05, 3.63) is 34.9 Å². The van der Waals surface area contributed by atoms with Crippen LogP contribution in [0.5, 0.6) is 0 Å². The number of hydrogen-bond acceptors (Lipinski definition) is 2. The van der Waals surface area contributed by atoms with E-state index in [2.05, 4.69) is 0 Å². The van der Waals surface area contributed by atoms with Crippen LogP contribution in [0.4, 0.5) is 0 Å². The Morgan fingerprint density at radius 1 is 1.31 bits per heavy atom. The monoisotopic (exact) mass is 261 g/mol. The lowest BCUT2D eigenvalue weighted by Crippen LogP contribution is -2.31. The number of hydrogen-bond donors (Lipinski definition) is 0. The third-order valence-electron chi connectivity index (χ3n) is 2.36. The van der Waals surface area contributed by atoms with Crippen molar-refractivity contribution >= 4 is 21.6 Å². The van der Waals surface area contributed by atoms with Gasteiger partial charge in [0.1, 0.15) is 0 Å². The number of halogens is 1. The summed E-state index contributed by atoms with van der Waals surface area (Å²) in [5.74, 6) is 0.126. The molecular formula is C11H16ClNO2S. The zero-order chi connectivity index (χ0) is 12.2. The molecule has 0 aliphatic heterocycles. The highest BCUT2D eigenvalue weighted by Crippen LogP contribution is 2.14. The standard InChI is InChI=1S/C11H16ClNO2S/c1-3-13(16(14,15)4-2)9-10-6-5-7-11(12)8-10/h5-8H,3-4,9H2,1-2H3. The number of rotatable bonds is 5. The Morgan fingerprint density at radius 2 is 2.00 bits per heavy atom. The van der Waals surface area contributed by atoms with E-state index in [-0.39, 0.29) is 5.75 Å². The van der Waals surface area contributed by atoms with Crippen LogP contribution in [0.2, 0.25) is 5.02 Å². The van der Waals surface area contributed by atoms with Gasteiger partial charge in [-0.1, -0.05) is 30.7 Å². The van der Waals surface area contributed by atoms with Gasteiger partial charge in [0.25, 0.3) is 0 Å². The van der Waals surface area contributed by atoms with Crippen LogP contribution in [0.25, 0.3) is 0 Å². The third kappa shape index (κ3) is 3.47.